The predicted molar refractivity (Wildman–Crippen MR) is 105 cm³/mol. The van der Waals surface area contributed by atoms with Gasteiger partial charge in [-0.15, -0.1) is 0 Å². The highest BCUT2D eigenvalue weighted by atomic mass is 19.1. The van der Waals surface area contributed by atoms with E-state index >= 15 is 0 Å². The molecule has 2 N–H and O–H groups in total. The van der Waals surface area contributed by atoms with E-state index < -0.39 is 17.5 Å². The van der Waals surface area contributed by atoms with Crippen molar-refractivity contribution in [3.05, 3.63) is 77.6 Å². The first-order valence-corrected chi connectivity index (χ1v) is 8.70. The summed E-state index contributed by atoms with van der Waals surface area (Å²) in [7, 11) is 0. The first-order valence-electron chi connectivity index (χ1n) is 8.70. The van der Waals surface area contributed by atoms with Gasteiger partial charge < -0.3 is 10.6 Å². The lowest BCUT2D eigenvalue weighted by Gasteiger charge is -2.22. The van der Waals surface area contributed by atoms with Crippen LogP contribution in [-0.4, -0.2) is 15.9 Å². The van der Waals surface area contributed by atoms with Gasteiger partial charge in [-0.1, -0.05) is 39.0 Å². The van der Waals surface area contributed by atoms with Crippen LogP contribution in [0.1, 0.15) is 36.8 Å². The van der Waals surface area contributed by atoms with E-state index in [1.165, 1.54) is 18.3 Å². The lowest BCUT2D eigenvalue weighted by Crippen LogP contribution is -2.19. The molecule has 0 atom stereocenters. The van der Waals surface area contributed by atoms with Crippen molar-refractivity contribution in [2.75, 3.05) is 10.6 Å². The van der Waals surface area contributed by atoms with Crippen molar-refractivity contribution in [3.8, 4) is 0 Å². The summed E-state index contributed by atoms with van der Waals surface area (Å²) in [5.74, 6) is -1.85. The molecule has 28 heavy (non-hydrogen) atoms. The summed E-state index contributed by atoms with van der Waals surface area (Å²) < 4.78 is 26.8. The van der Waals surface area contributed by atoms with Crippen molar-refractivity contribution in [1.82, 2.24) is 9.97 Å². The fourth-order valence-electron chi connectivity index (χ4n) is 2.69. The Labute approximate surface area is 161 Å². The van der Waals surface area contributed by atoms with Gasteiger partial charge in [0.05, 0.1) is 5.69 Å². The minimum absolute atomic E-state index is 0.0111. The number of nitrogens with zero attached hydrogens (tertiary/aromatic N) is 2. The molecule has 1 amide bonds. The van der Waals surface area contributed by atoms with E-state index in [1.807, 2.05) is 24.3 Å². The maximum absolute atomic E-state index is 13.8. The number of amides is 1. The molecule has 0 aliphatic heterocycles. The Hall–Kier alpha value is -3.35. The Morgan fingerprint density at radius 1 is 1.00 bits per heavy atom. The summed E-state index contributed by atoms with van der Waals surface area (Å²) in [4.78, 5) is 20.8. The molecular formula is C21H20F2N4O. The molecule has 0 fully saturated rings. The number of carbonyl (C=O) groups is 1. The van der Waals surface area contributed by atoms with Gasteiger partial charge in [0, 0.05) is 18.0 Å². The third kappa shape index (κ3) is 4.49. The molecule has 2 aromatic carbocycles. The fraction of sp³-hybridized carbons (Fsp3) is 0.190. The Bertz CT molecular complexity index is 1020. The van der Waals surface area contributed by atoms with Crippen LogP contribution in [0.25, 0.3) is 0 Å². The molecule has 3 aromatic rings. The number of aromatic nitrogens is 2. The molecule has 144 valence electrons. The van der Waals surface area contributed by atoms with E-state index in [-0.39, 0.29) is 22.7 Å². The summed E-state index contributed by atoms with van der Waals surface area (Å²) in [6.07, 6.45) is 1.39. The zero-order valence-electron chi connectivity index (χ0n) is 15.8. The second kappa shape index (κ2) is 7.72. The number of rotatable bonds is 4. The molecule has 0 spiro atoms. The number of nitrogens with one attached hydrogen (secondary N) is 2. The molecule has 1 aromatic heterocycles. The Morgan fingerprint density at radius 3 is 2.46 bits per heavy atom. The van der Waals surface area contributed by atoms with Crippen molar-refractivity contribution in [2.45, 2.75) is 26.2 Å². The smallest absolute Gasteiger partial charge is 0.274 e. The van der Waals surface area contributed by atoms with Crippen LogP contribution < -0.4 is 10.6 Å². The highest BCUT2D eigenvalue weighted by molar-refractivity contribution is 6.03. The monoisotopic (exact) mass is 382 g/mol. The normalized spacial score (nSPS) is 11.2. The highest BCUT2D eigenvalue weighted by Crippen LogP contribution is 2.29. The van der Waals surface area contributed by atoms with Gasteiger partial charge in [-0.05, 0) is 35.2 Å². The molecule has 0 radical (unpaired) electrons. The van der Waals surface area contributed by atoms with Crippen molar-refractivity contribution in [1.29, 1.82) is 0 Å². The minimum atomic E-state index is -0.780. The summed E-state index contributed by atoms with van der Waals surface area (Å²) >= 11 is 0. The molecule has 5 nitrogen and oxygen atoms in total. The Kier molecular flexibility index (Phi) is 5.35. The molecule has 0 unspecified atom stereocenters. The molecule has 3 rings (SSSR count). The SMILES string of the molecule is CC(C)(C)c1ccccc1NC(=O)c1ccnc(Nc2ccc(F)cc2F)n1. The Morgan fingerprint density at radius 2 is 1.75 bits per heavy atom. The van der Waals surface area contributed by atoms with Crippen molar-refractivity contribution in [3.63, 3.8) is 0 Å². The van der Waals surface area contributed by atoms with Crippen LogP contribution >= 0.6 is 0 Å². The van der Waals surface area contributed by atoms with E-state index in [0.717, 1.165) is 17.7 Å². The average Bonchev–Trinajstić information content (AvgIpc) is 2.64. The van der Waals surface area contributed by atoms with Gasteiger partial charge in [-0.25, -0.2) is 18.7 Å². The number of anilines is 3. The van der Waals surface area contributed by atoms with Gasteiger partial charge in [0.2, 0.25) is 5.95 Å². The van der Waals surface area contributed by atoms with E-state index in [0.29, 0.717) is 5.69 Å². The van der Waals surface area contributed by atoms with Gasteiger partial charge in [-0.2, -0.15) is 0 Å². The van der Waals surface area contributed by atoms with Crippen molar-refractivity contribution < 1.29 is 13.6 Å². The van der Waals surface area contributed by atoms with E-state index in [9.17, 15) is 13.6 Å². The quantitative estimate of drug-likeness (QED) is 0.663. The first-order chi connectivity index (χ1) is 13.2. The average molecular weight is 382 g/mol. The van der Waals surface area contributed by atoms with E-state index in [1.54, 1.807) is 0 Å². The summed E-state index contributed by atoms with van der Waals surface area (Å²) in [5, 5.41) is 5.51. The lowest BCUT2D eigenvalue weighted by atomic mass is 9.86. The number of para-hydroxylation sites is 1. The number of hydrogen-bond donors (Lipinski definition) is 2. The summed E-state index contributed by atoms with van der Waals surface area (Å²) in [6.45, 7) is 6.17. The van der Waals surface area contributed by atoms with Gasteiger partial charge in [0.1, 0.15) is 17.3 Å². The van der Waals surface area contributed by atoms with Crippen molar-refractivity contribution in [2.24, 2.45) is 0 Å². The third-order valence-corrected chi connectivity index (χ3v) is 4.05. The standard InChI is InChI=1S/C21H20F2N4O/c1-21(2,3)14-6-4-5-7-16(14)25-19(28)18-10-11-24-20(27-18)26-17-9-8-13(22)12-15(17)23/h4-12H,1-3H3,(H,25,28)(H,24,26,27). The van der Waals surface area contributed by atoms with Crippen LogP contribution in [0.4, 0.5) is 26.1 Å². The molecular weight excluding hydrogens is 362 g/mol. The second-order valence-electron chi connectivity index (χ2n) is 7.26. The zero-order chi connectivity index (χ0) is 20.3. The molecule has 0 aliphatic rings. The number of carbonyl (C=O) groups excluding carboxylic acids is 1. The molecule has 0 saturated carbocycles. The van der Waals surface area contributed by atoms with Gasteiger partial charge in [0.15, 0.2) is 0 Å². The highest BCUT2D eigenvalue weighted by Gasteiger charge is 2.19. The van der Waals surface area contributed by atoms with Gasteiger partial charge in [0.25, 0.3) is 5.91 Å². The van der Waals surface area contributed by atoms with Crippen LogP contribution in [0.3, 0.4) is 0 Å². The van der Waals surface area contributed by atoms with Gasteiger partial charge in [-0.3, -0.25) is 4.79 Å². The van der Waals surface area contributed by atoms with Crippen LogP contribution in [0.15, 0.2) is 54.7 Å². The summed E-state index contributed by atoms with van der Waals surface area (Å²) in [5.41, 5.74) is 1.66. The predicted octanol–water partition coefficient (Wildman–Crippen LogP) is 5.05. The molecule has 0 saturated heterocycles. The molecule has 0 bridgehead atoms. The lowest BCUT2D eigenvalue weighted by molar-refractivity contribution is 0.102. The molecule has 7 heteroatoms. The van der Waals surface area contributed by atoms with Crippen LogP contribution in [-0.2, 0) is 5.41 Å². The number of benzene rings is 2. The maximum Gasteiger partial charge on any atom is 0.274 e. The topological polar surface area (TPSA) is 66.9 Å². The van der Waals surface area contributed by atoms with Crippen LogP contribution in [0.2, 0.25) is 0 Å². The number of halogens is 2. The Balaban J connectivity index is 1.82. The number of hydrogen-bond acceptors (Lipinski definition) is 4. The molecule has 0 aliphatic carbocycles. The summed E-state index contributed by atoms with van der Waals surface area (Å²) in [6, 6.07) is 12.1. The van der Waals surface area contributed by atoms with E-state index in [4.69, 9.17) is 0 Å². The minimum Gasteiger partial charge on any atom is -0.322 e. The maximum atomic E-state index is 13.8. The van der Waals surface area contributed by atoms with Crippen molar-refractivity contribution >= 4 is 23.2 Å². The zero-order valence-corrected chi connectivity index (χ0v) is 15.8. The van der Waals surface area contributed by atoms with Gasteiger partial charge >= 0.3 is 0 Å². The largest absolute Gasteiger partial charge is 0.322 e. The van der Waals surface area contributed by atoms with Crippen LogP contribution in [0.5, 0.6) is 0 Å². The fourth-order valence-corrected chi connectivity index (χ4v) is 2.69. The third-order valence-electron chi connectivity index (χ3n) is 4.05. The first kappa shape index (κ1) is 19.4. The molecule has 1 heterocycles. The second-order valence-corrected chi connectivity index (χ2v) is 7.26. The van der Waals surface area contributed by atoms with E-state index in [2.05, 4.69) is 41.4 Å². The van der Waals surface area contributed by atoms with Crippen LogP contribution in [0, 0.1) is 11.6 Å².